The maximum Gasteiger partial charge on any atom is 0.143 e. The molecule has 1 N–H and O–H groups in total. The Morgan fingerprint density at radius 3 is 2.57 bits per heavy atom. The average molecular weight is 285 g/mol. The number of nitrogens with one attached hydrogen (secondary N) is 1. The zero-order valence-electron chi connectivity index (χ0n) is 12.7. The maximum absolute atomic E-state index is 3.90. The number of hydrogen-bond donors (Lipinski definition) is 1. The van der Waals surface area contributed by atoms with Gasteiger partial charge in [-0.15, -0.1) is 5.10 Å². The SMILES string of the molecule is CC(C)C1CCCCC1Nc1ccc(-n2cnnn2)cc1. The van der Waals surface area contributed by atoms with Crippen molar-refractivity contribution in [2.45, 2.75) is 45.6 Å². The van der Waals surface area contributed by atoms with Gasteiger partial charge in [0.1, 0.15) is 6.33 Å². The van der Waals surface area contributed by atoms with Gasteiger partial charge in [-0.05, 0) is 59.4 Å². The first-order chi connectivity index (χ1) is 10.2. The molecule has 0 aliphatic heterocycles. The third-order valence-electron chi connectivity index (χ3n) is 4.51. The van der Waals surface area contributed by atoms with Crippen LogP contribution in [0.1, 0.15) is 39.5 Å². The van der Waals surface area contributed by atoms with Gasteiger partial charge < -0.3 is 5.32 Å². The summed E-state index contributed by atoms with van der Waals surface area (Å²) in [7, 11) is 0. The molecular weight excluding hydrogens is 262 g/mol. The number of hydrogen-bond acceptors (Lipinski definition) is 4. The van der Waals surface area contributed by atoms with Crippen molar-refractivity contribution in [2.75, 3.05) is 5.32 Å². The Labute approximate surface area is 125 Å². The van der Waals surface area contributed by atoms with Crippen molar-refractivity contribution < 1.29 is 0 Å². The van der Waals surface area contributed by atoms with Crippen molar-refractivity contribution >= 4 is 5.69 Å². The predicted octanol–water partition coefficient (Wildman–Crippen LogP) is 3.29. The summed E-state index contributed by atoms with van der Waals surface area (Å²) in [6, 6.07) is 8.92. The number of benzene rings is 1. The van der Waals surface area contributed by atoms with Gasteiger partial charge in [0.05, 0.1) is 5.69 Å². The number of tetrazole rings is 1. The number of anilines is 1. The summed E-state index contributed by atoms with van der Waals surface area (Å²) in [4.78, 5) is 0. The van der Waals surface area contributed by atoms with E-state index in [0.29, 0.717) is 6.04 Å². The highest BCUT2D eigenvalue weighted by molar-refractivity contribution is 5.49. The number of rotatable bonds is 4. The second-order valence-corrected chi connectivity index (χ2v) is 6.24. The van der Waals surface area contributed by atoms with Gasteiger partial charge in [0.2, 0.25) is 0 Å². The van der Waals surface area contributed by atoms with Crippen LogP contribution in [0.15, 0.2) is 30.6 Å². The molecule has 21 heavy (non-hydrogen) atoms. The molecule has 2 aromatic rings. The Morgan fingerprint density at radius 1 is 1.14 bits per heavy atom. The van der Waals surface area contributed by atoms with Gasteiger partial charge in [-0.1, -0.05) is 26.7 Å². The Kier molecular flexibility index (Phi) is 4.18. The van der Waals surface area contributed by atoms with Crippen LogP contribution in [0.5, 0.6) is 0 Å². The van der Waals surface area contributed by atoms with E-state index in [0.717, 1.165) is 17.5 Å². The molecule has 0 amide bonds. The number of nitrogens with zero attached hydrogens (tertiary/aromatic N) is 4. The molecule has 1 aliphatic rings. The number of aromatic nitrogens is 4. The minimum absolute atomic E-state index is 0.595. The maximum atomic E-state index is 3.90. The highest BCUT2D eigenvalue weighted by Crippen LogP contribution is 2.32. The third kappa shape index (κ3) is 3.23. The summed E-state index contributed by atoms with van der Waals surface area (Å²) in [6.07, 6.45) is 6.94. The van der Waals surface area contributed by atoms with E-state index in [4.69, 9.17) is 0 Å². The van der Waals surface area contributed by atoms with Crippen LogP contribution in [0.2, 0.25) is 0 Å². The Morgan fingerprint density at radius 2 is 1.90 bits per heavy atom. The van der Waals surface area contributed by atoms with Crippen LogP contribution < -0.4 is 5.32 Å². The highest BCUT2D eigenvalue weighted by Gasteiger charge is 2.27. The molecule has 5 heteroatoms. The molecule has 1 aromatic heterocycles. The van der Waals surface area contributed by atoms with Gasteiger partial charge in [0, 0.05) is 11.7 Å². The second kappa shape index (κ2) is 6.24. The molecule has 1 aromatic carbocycles. The quantitative estimate of drug-likeness (QED) is 0.936. The van der Waals surface area contributed by atoms with E-state index < -0.39 is 0 Å². The molecule has 5 nitrogen and oxygen atoms in total. The first-order valence-electron chi connectivity index (χ1n) is 7.84. The molecule has 1 fully saturated rings. The minimum atomic E-state index is 0.595. The van der Waals surface area contributed by atoms with Crippen LogP contribution in [0.25, 0.3) is 5.69 Å². The monoisotopic (exact) mass is 285 g/mol. The van der Waals surface area contributed by atoms with Crippen LogP contribution in [-0.2, 0) is 0 Å². The Balaban J connectivity index is 1.69. The molecular formula is C16H23N5. The van der Waals surface area contributed by atoms with Gasteiger partial charge in [-0.2, -0.15) is 0 Å². The van der Waals surface area contributed by atoms with E-state index in [2.05, 4.69) is 46.8 Å². The predicted molar refractivity (Wildman–Crippen MR) is 83.4 cm³/mol. The molecule has 2 atom stereocenters. The summed E-state index contributed by atoms with van der Waals surface area (Å²) >= 11 is 0. The van der Waals surface area contributed by atoms with Crippen LogP contribution in [0.3, 0.4) is 0 Å². The van der Waals surface area contributed by atoms with Crippen LogP contribution in [-0.4, -0.2) is 26.2 Å². The molecule has 0 saturated heterocycles. The lowest BCUT2D eigenvalue weighted by atomic mass is 9.78. The van der Waals surface area contributed by atoms with E-state index in [9.17, 15) is 0 Å². The minimum Gasteiger partial charge on any atom is -0.382 e. The molecule has 1 saturated carbocycles. The first kappa shape index (κ1) is 14.0. The largest absolute Gasteiger partial charge is 0.382 e. The fourth-order valence-electron chi connectivity index (χ4n) is 3.34. The van der Waals surface area contributed by atoms with Crippen molar-refractivity contribution in [3.05, 3.63) is 30.6 Å². The van der Waals surface area contributed by atoms with Gasteiger partial charge in [-0.3, -0.25) is 0 Å². The molecule has 2 unspecified atom stereocenters. The van der Waals surface area contributed by atoms with E-state index in [1.807, 2.05) is 12.1 Å². The molecule has 1 aliphatic carbocycles. The summed E-state index contributed by atoms with van der Waals surface area (Å²) < 4.78 is 1.67. The molecule has 1 heterocycles. The summed E-state index contributed by atoms with van der Waals surface area (Å²) in [5, 5.41) is 14.9. The van der Waals surface area contributed by atoms with Gasteiger partial charge in [0.25, 0.3) is 0 Å². The zero-order chi connectivity index (χ0) is 14.7. The van der Waals surface area contributed by atoms with E-state index in [1.165, 1.54) is 31.4 Å². The van der Waals surface area contributed by atoms with Crippen LogP contribution in [0, 0.1) is 11.8 Å². The van der Waals surface area contributed by atoms with Crippen molar-refractivity contribution in [1.82, 2.24) is 20.2 Å². The summed E-state index contributed by atoms with van der Waals surface area (Å²) in [6.45, 7) is 4.68. The standard InChI is InChI=1S/C16H23N5/c1-12(2)15-5-3-4-6-16(15)18-13-7-9-14(10-8-13)21-11-17-19-20-21/h7-12,15-16,18H,3-6H2,1-2H3. The Bertz CT molecular complexity index is 547. The van der Waals surface area contributed by atoms with Crippen molar-refractivity contribution in [3.63, 3.8) is 0 Å². The molecule has 0 radical (unpaired) electrons. The molecule has 0 spiro atoms. The van der Waals surface area contributed by atoms with Crippen LogP contribution in [0.4, 0.5) is 5.69 Å². The smallest absolute Gasteiger partial charge is 0.143 e. The fourth-order valence-corrected chi connectivity index (χ4v) is 3.34. The third-order valence-corrected chi connectivity index (χ3v) is 4.51. The highest BCUT2D eigenvalue weighted by atomic mass is 15.5. The fraction of sp³-hybridized carbons (Fsp3) is 0.562. The normalized spacial score (nSPS) is 22.4. The lowest BCUT2D eigenvalue weighted by Gasteiger charge is -2.35. The summed E-state index contributed by atoms with van der Waals surface area (Å²) in [5.74, 6) is 1.52. The summed E-state index contributed by atoms with van der Waals surface area (Å²) in [5.41, 5.74) is 2.17. The zero-order valence-corrected chi connectivity index (χ0v) is 12.7. The lowest BCUT2D eigenvalue weighted by Crippen LogP contribution is -2.35. The van der Waals surface area contributed by atoms with Gasteiger partial charge in [0.15, 0.2) is 0 Å². The first-order valence-corrected chi connectivity index (χ1v) is 7.84. The molecule has 3 rings (SSSR count). The van der Waals surface area contributed by atoms with E-state index in [-0.39, 0.29) is 0 Å². The molecule has 0 bridgehead atoms. The van der Waals surface area contributed by atoms with Gasteiger partial charge in [-0.25, -0.2) is 4.68 Å². The second-order valence-electron chi connectivity index (χ2n) is 6.24. The lowest BCUT2D eigenvalue weighted by molar-refractivity contribution is 0.254. The van der Waals surface area contributed by atoms with Gasteiger partial charge >= 0.3 is 0 Å². The van der Waals surface area contributed by atoms with Crippen molar-refractivity contribution in [1.29, 1.82) is 0 Å². The Hall–Kier alpha value is -1.91. The van der Waals surface area contributed by atoms with Crippen molar-refractivity contribution in [3.8, 4) is 5.69 Å². The van der Waals surface area contributed by atoms with E-state index in [1.54, 1.807) is 11.0 Å². The topological polar surface area (TPSA) is 55.6 Å². The van der Waals surface area contributed by atoms with E-state index >= 15 is 0 Å². The molecule has 112 valence electrons. The van der Waals surface area contributed by atoms with Crippen LogP contribution >= 0.6 is 0 Å². The average Bonchev–Trinajstić information content (AvgIpc) is 3.03. The van der Waals surface area contributed by atoms with Crippen molar-refractivity contribution in [2.24, 2.45) is 11.8 Å².